The van der Waals surface area contributed by atoms with E-state index in [9.17, 15) is 4.79 Å². The molecule has 5 rings (SSSR count). The molecule has 156 valence electrons. The van der Waals surface area contributed by atoms with Crippen LogP contribution < -0.4 is 5.32 Å². The first-order chi connectivity index (χ1) is 15.8. The molecular formula is C25H20N6O. The van der Waals surface area contributed by atoms with E-state index < -0.39 is 0 Å². The highest BCUT2D eigenvalue weighted by Crippen LogP contribution is 2.26. The molecule has 7 heteroatoms. The third-order valence-corrected chi connectivity index (χ3v) is 5.28. The summed E-state index contributed by atoms with van der Waals surface area (Å²) < 4.78 is 1.74. The molecule has 1 amide bonds. The van der Waals surface area contributed by atoms with Gasteiger partial charge in [0.15, 0.2) is 0 Å². The summed E-state index contributed by atoms with van der Waals surface area (Å²) >= 11 is 0. The van der Waals surface area contributed by atoms with Crippen molar-refractivity contribution >= 4 is 16.7 Å². The van der Waals surface area contributed by atoms with Crippen LogP contribution >= 0.6 is 0 Å². The highest BCUT2D eigenvalue weighted by atomic mass is 16.1. The van der Waals surface area contributed by atoms with Gasteiger partial charge in [0, 0.05) is 47.8 Å². The molecule has 0 spiro atoms. The van der Waals surface area contributed by atoms with E-state index >= 15 is 0 Å². The second-order valence-corrected chi connectivity index (χ2v) is 7.34. The number of hydrogen-bond donors (Lipinski definition) is 1. The molecule has 0 bridgehead atoms. The highest BCUT2D eigenvalue weighted by molar-refractivity contribution is 5.95. The number of hydrogen-bond acceptors (Lipinski definition) is 5. The third kappa shape index (κ3) is 4.09. The summed E-state index contributed by atoms with van der Waals surface area (Å²) in [6.45, 7) is 0.980. The Kier molecular flexibility index (Phi) is 5.36. The van der Waals surface area contributed by atoms with Crippen LogP contribution in [0.15, 0.2) is 91.6 Å². The predicted molar refractivity (Wildman–Crippen MR) is 123 cm³/mol. The molecule has 5 aromatic rings. The SMILES string of the molecule is O=C(NCCn1cc(-c2cccc3cnccc23)nn1)c1ccc(-c2ccncc2)cc1. The van der Waals surface area contributed by atoms with Crippen molar-refractivity contribution in [2.45, 2.75) is 6.54 Å². The largest absolute Gasteiger partial charge is 0.350 e. The molecule has 0 saturated carbocycles. The van der Waals surface area contributed by atoms with Crippen molar-refractivity contribution in [2.24, 2.45) is 0 Å². The van der Waals surface area contributed by atoms with Crippen molar-refractivity contribution in [1.82, 2.24) is 30.3 Å². The van der Waals surface area contributed by atoms with E-state index in [0.717, 1.165) is 33.2 Å². The van der Waals surface area contributed by atoms with Gasteiger partial charge in [0.25, 0.3) is 5.91 Å². The Hall–Kier alpha value is -4.39. The van der Waals surface area contributed by atoms with Gasteiger partial charge in [-0.15, -0.1) is 5.10 Å². The van der Waals surface area contributed by atoms with Gasteiger partial charge < -0.3 is 5.32 Å². The van der Waals surface area contributed by atoms with Crippen LogP contribution in [0.1, 0.15) is 10.4 Å². The van der Waals surface area contributed by atoms with Crippen molar-refractivity contribution in [1.29, 1.82) is 0 Å². The number of nitrogens with zero attached hydrogens (tertiary/aromatic N) is 5. The lowest BCUT2D eigenvalue weighted by Crippen LogP contribution is -2.27. The molecule has 0 unspecified atom stereocenters. The summed E-state index contributed by atoms with van der Waals surface area (Å²) in [5, 5.41) is 13.6. The minimum atomic E-state index is -0.117. The maximum atomic E-state index is 12.5. The summed E-state index contributed by atoms with van der Waals surface area (Å²) in [6, 6.07) is 19.4. The Morgan fingerprint density at radius 2 is 1.66 bits per heavy atom. The van der Waals surface area contributed by atoms with Crippen LogP contribution in [0.4, 0.5) is 0 Å². The zero-order valence-corrected chi connectivity index (χ0v) is 17.2. The van der Waals surface area contributed by atoms with E-state index in [1.165, 1.54) is 0 Å². The van der Waals surface area contributed by atoms with Crippen molar-refractivity contribution < 1.29 is 4.79 Å². The van der Waals surface area contributed by atoms with Gasteiger partial charge in [0.1, 0.15) is 5.69 Å². The molecule has 2 aromatic carbocycles. The van der Waals surface area contributed by atoms with Gasteiger partial charge in [-0.3, -0.25) is 19.4 Å². The Balaban J connectivity index is 1.21. The van der Waals surface area contributed by atoms with Gasteiger partial charge in [-0.1, -0.05) is 35.5 Å². The zero-order valence-electron chi connectivity index (χ0n) is 17.2. The van der Waals surface area contributed by atoms with E-state index in [-0.39, 0.29) is 5.91 Å². The normalized spacial score (nSPS) is 10.9. The maximum absolute atomic E-state index is 12.5. The van der Waals surface area contributed by atoms with Crippen LogP contribution in [-0.4, -0.2) is 37.4 Å². The van der Waals surface area contributed by atoms with Crippen molar-refractivity contribution in [3.05, 3.63) is 97.2 Å². The number of fused-ring (bicyclic) bond motifs is 1. The summed E-state index contributed by atoms with van der Waals surface area (Å²) in [5.41, 5.74) is 4.53. The first-order valence-corrected chi connectivity index (χ1v) is 10.3. The van der Waals surface area contributed by atoms with Crippen LogP contribution in [0, 0.1) is 0 Å². The number of nitrogens with one attached hydrogen (secondary N) is 1. The summed E-state index contributed by atoms with van der Waals surface area (Å²) in [5.74, 6) is -0.117. The van der Waals surface area contributed by atoms with E-state index in [2.05, 4.69) is 25.6 Å². The molecule has 0 atom stereocenters. The fourth-order valence-corrected chi connectivity index (χ4v) is 3.62. The van der Waals surface area contributed by atoms with Gasteiger partial charge >= 0.3 is 0 Å². The molecule has 1 N–H and O–H groups in total. The number of aromatic nitrogens is 5. The molecule has 0 aliphatic heterocycles. The number of benzene rings is 2. The van der Waals surface area contributed by atoms with Crippen molar-refractivity contribution in [3.8, 4) is 22.4 Å². The first kappa shape index (κ1) is 19.6. The summed E-state index contributed by atoms with van der Waals surface area (Å²) in [4.78, 5) is 20.7. The molecule has 0 saturated heterocycles. The number of rotatable bonds is 6. The van der Waals surface area contributed by atoms with Gasteiger partial charge in [-0.05, 0) is 46.8 Å². The fourth-order valence-electron chi connectivity index (χ4n) is 3.62. The van der Waals surface area contributed by atoms with E-state index in [1.54, 1.807) is 23.3 Å². The van der Waals surface area contributed by atoms with E-state index in [0.29, 0.717) is 18.7 Å². The van der Waals surface area contributed by atoms with Gasteiger partial charge in [-0.2, -0.15) is 0 Å². The Bertz CT molecular complexity index is 1360. The van der Waals surface area contributed by atoms with Crippen molar-refractivity contribution in [3.63, 3.8) is 0 Å². The Morgan fingerprint density at radius 1 is 0.875 bits per heavy atom. The maximum Gasteiger partial charge on any atom is 0.251 e. The summed E-state index contributed by atoms with van der Waals surface area (Å²) in [7, 11) is 0. The number of carbonyl (C=O) groups is 1. The van der Waals surface area contributed by atoms with Crippen LogP contribution in [0.3, 0.4) is 0 Å². The van der Waals surface area contributed by atoms with Gasteiger partial charge in [0.2, 0.25) is 0 Å². The summed E-state index contributed by atoms with van der Waals surface area (Å²) in [6.07, 6.45) is 9.01. The zero-order chi connectivity index (χ0) is 21.8. The quantitative estimate of drug-likeness (QED) is 0.449. The average molecular weight is 420 g/mol. The van der Waals surface area contributed by atoms with Crippen LogP contribution in [-0.2, 0) is 6.54 Å². The standard InChI is InChI=1S/C25H20N6O/c32-25(20-6-4-18(5-7-20)19-8-11-26-12-9-19)28-14-15-31-17-24(29-30-31)23-3-1-2-21-16-27-13-10-22(21)23/h1-13,16-17H,14-15H2,(H,28,32). The van der Waals surface area contributed by atoms with Crippen molar-refractivity contribution in [2.75, 3.05) is 6.54 Å². The number of carbonyl (C=O) groups excluding carboxylic acids is 1. The van der Waals surface area contributed by atoms with Crippen LogP contribution in [0.25, 0.3) is 33.2 Å². The topological polar surface area (TPSA) is 85.6 Å². The molecule has 3 heterocycles. The monoisotopic (exact) mass is 420 g/mol. The number of pyridine rings is 2. The molecule has 0 radical (unpaired) electrons. The van der Waals surface area contributed by atoms with Crippen LogP contribution in [0.2, 0.25) is 0 Å². The minimum Gasteiger partial charge on any atom is -0.350 e. The Labute approximate surface area is 184 Å². The highest BCUT2D eigenvalue weighted by Gasteiger charge is 2.09. The predicted octanol–water partition coefficient (Wildman–Crippen LogP) is 3.99. The minimum absolute atomic E-state index is 0.117. The van der Waals surface area contributed by atoms with Crippen LogP contribution in [0.5, 0.6) is 0 Å². The molecule has 32 heavy (non-hydrogen) atoms. The fraction of sp³-hybridized carbons (Fsp3) is 0.0800. The smallest absolute Gasteiger partial charge is 0.251 e. The van der Waals surface area contributed by atoms with E-state index in [1.807, 2.05) is 73.1 Å². The van der Waals surface area contributed by atoms with E-state index in [4.69, 9.17) is 0 Å². The van der Waals surface area contributed by atoms with Gasteiger partial charge in [0.05, 0.1) is 12.7 Å². The lowest BCUT2D eigenvalue weighted by atomic mass is 10.0. The first-order valence-electron chi connectivity index (χ1n) is 10.3. The molecular weight excluding hydrogens is 400 g/mol. The molecule has 0 aliphatic carbocycles. The molecule has 7 nitrogen and oxygen atoms in total. The third-order valence-electron chi connectivity index (χ3n) is 5.28. The molecule has 0 aliphatic rings. The molecule has 0 fully saturated rings. The average Bonchev–Trinajstić information content (AvgIpc) is 3.33. The number of amides is 1. The second-order valence-electron chi connectivity index (χ2n) is 7.34. The lowest BCUT2D eigenvalue weighted by molar-refractivity contribution is 0.0952. The second kappa shape index (κ2) is 8.77. The molecule has 3 aromatic heterocycles. The lowest BCUT2D eigenvalue weighted by Gasteiger charge is -2.06. The van der Waals surface area contributed by atoms with Gasteiger partial charge in [-0.25, -0.2) is 0 Å². The Morgan fingerprint density at radius 3 is 2.50 bits per heavy atom.